The van der Waals surface area contributed by atoms with Crippen molar-refractivity contribution in [2.75, 3.05) is 5.88 Å². The number of aliphatic carboxylic acids is 1. The summed E-state index contributed by atoms with van der Waals surface area (Å²) in [6, 6.07) is -0.926. The Bertz CT molecular complexity index is 211. The lowest BCUT2D eigenvalue weighted by Gasteiger charge is -2.04. The lowest BCUT2D eigenvalue weighted by atomic mass is 10.1. The number of halogens is 1. The minimum absolute atomic E-state index is 0.409. The zero-order valence-electron chi connectivity index (χ0n) is 6.83. The van der Waals surface area contributed by atoms with Crippen molar-refractivity contribution in [3.8, 4) is 0 Å². The van der Waals surface area contributed by atoms with Crippen LogP contribution in [0.25, 0.3) is 0 Å². The van der Waals surface area contributed by atoms with Crippen LogP contribution in [0.15, 0.2) is 23.8 Å². The van der Waals surface area contributed by atoms with Crippen molar-refractivity contribution >= 4 is 17.6 Å². The number of alkyl halides is 1. The molecule has 0 aliphatic carbocycles. The fourth-order valence-corrected chi connectivity index (χ4v) is 0.673. The van der Waals surface area contributed by atoms with E-state index in [1.165, 1.54) is 0 Å². The van der Waals surface area contributed by atoms with E-state index >= 15 is 0 Å². The maximum atomic E-state index is 10.4. The quantitative estimate of drug-likeness (QED) is 0.515. The maximum absolute atomic E-state index is 10.4. The zero-order chi connectivity index (χ0) is 9.56. The normalized spacial score (nSPS) is 15.1. The summed E-state index contributed by atoms with van der Waals surface area (Å²) >= 11 is 5.36. The van der Waals surface area contributed by atoms with Gasteiger partial charge in [-0.05, 0) is 12.5 Å². The van der Waals surface area contributed by atoms with Crippen molar-refractivity contribution in [2.45, 2.75) is 13.0 Å². The molecule has 3 N–H and O–H groups in total. The fourth-order valence-electron chi connectivity index (χ4n) is 0.570. The molecule has 0 bridgehead atoms. The molecule has 0 aliphatic rings. The van der Waals surface area contributed by atoms with Crippen molar-refractivity contribution in [1.29, 1.82) is 0 Å². The molecule has 0 saturated heterocycles. The van der Waals surface area contributed by atoms with Gasteiger partial charge in [-0.2, -0.15) is 0 Å². The molecule has 0 fully saturated rings. The minimum atomic E-state index is -1.02. The number of allylic oxidation sites excluding steroid dienone is 3. The number of carboxylic acids is 1. The Morgan fingerprint density at radius 2 is 2.33 bits per heavy atom. The van der Waals surface area contributed by atoms with Crippen LogP contribution in [0, 0.1) is 0 Å². The molecule has 0 rings (SSSR count). The molecular weight excluding hydrogens is 178 g/mol. The molecule has 0 aliphatic heterocycles. The highest BCUT2D eigenvalue weighted by Gasteiger charge is 2.11. The molecule has 0 radical (unpaired) electrons. The Labute approximate surface area is 76.5 Å². The van der Waals surface area contributed by atoms with Gasteiger partial charge in [-0.1, -0.05) is 18.2 Å². The topological polar surface area (TPSA) is 63.3 Å². The lowest BCUT2D eigenvalue weighted by Crippen LogP contribution is -2.30. The van der Waals surface area contributed by atoms with E-state index in [9.17, 15) is 4.79 Å². The molecule has 0 aromatic rings. The molecule has 0 aromatic carbocycles. The Balaban J connectivity index is 4.17. The van der Waals surface area contributed by atoms with Crippen molar-refractivity contribution in [2.24, 2.45) is 5.73 Å². The first-order valence-electron chi connectivity index (χ1n) is 3.47. The first-order chi connectivity index (χ1) is 5.59. The molecule has 4 heteroatoms. The molecule has 3 nitrogen and oxygen atoms in total. The van der Waals surface area contributed by atoms with E-state index < -0.39 is 12.0 Å². The monoisotopic (exact) mass is 189 g/mol. The van der Waals surface area contributed by atoms with Gasteiger partial charge < -0.3 is 10.8 Å². The first kappa shape index (κ1) is 11.2. The van der Waals surface area contributed by atoms with Gasteiger partial charge in [0, 0.05) is 5.88 Å². The van der Waals surface area contributed by atoms with Gasteiger partial charge in [0.2, 0.25) is 0 Å². The van der Waals surface area contributed by atoms with Gasteiger partial charge in [0.15, 0.2) is 0 Å². The van der Waals surface area contributed by atoms with Crippen LogP contribution in [0.2, 0.25) is 0 Å². The van der Waals surface area contributed by atoms with Crippen LogP contribution in [0.1, 0.15) is 6.92 Å². The van der Waals surface area contributed by atoms with Crippen molar-refractivity contribution < 1.29 is 9.90 Å². The molecule has 1 atom stereocenters. The van der Waals surface area contributed by atoms with E-state index in [0.29, 0.717) is 11.5 Å². The van der Waals surface area contributed by atoms with Gasteiger partial charge in [-0.25, -0.2) is 0 Å². The van der Waals surface area contributed by atoms with E-state index in [1.54, 1.807) is 25.2 Å². The van der Waals surface area contributed by atoms with Crippen LogP contribution >= 0.6 is 11.6 Å². The molecular formula is C8H12ClNO2. The third-order valence-corrected chi connectivity index (χ3v) is 1.52. The largest absolute Gasteiger partial charge is 0.480 e. The molecule has 0 aromatic heterocycles. The average molecular weight is 190 g/mol. The number of nitrogens with two attached hydrogens (primary N) is 1. The second-order valence-corrected chi connectivity index (χ2v) is 2.62. The van der Waals surface area contributed by atoms with Crippen molar-refractivity contribution in [3.05, 3.63) is 23.8 Å². The number of hydrogen-bond donors (Lipinski definition) is 2. The summed E-state index contributed by atoms with van der Waals surface area (Å²) in [4.78, 5) is 10.4. The van der Waals surface area contributed by atoms with Gasteiger partial charge >= 0.3 is 5.97 Å². The van der Waals surface area contributed by atoms with Crippen LogP contribution in [-0.4, -0.2) is 23.0 Å². The van der Waals surface area contributed by atoms with Crippen LogP contribution in [-0.2, 0) is 4.79 Å². The number of hydrogen-bond acceptors (Lipinski definition) is 2. The Morgan fingerprint density at radius 1 is 1.75 bits per heavy atom. The van der Waals surface area contributed by atoms with Gasteiger partial charge in [0.25, 0.3) is 0 Å². The lowest BCUT2D eigenvalue weighted by molar-refractivity contribution is -0.137. The fraction of sp³-hybridized carbons (Fsp3) is 0.375. The Hall–Kier alpha value is -0.800. The minimum Gasteiger partial charge on any atom is -0.480 e. The van der Waals surface area contributed by atoms with Crippen LogP contribution in [0.3, 0.4) is 0 Å². The summed E-state index contributed by atoms with van der Waals surface area (Å²) in [5, 5.41) is 8.49. The number of rotatable bonds is 4. The predicted octanol–water partition coefficient (Wildman–Crippen LogP) is 1.14. The van der Waals surface area contributed by atoms with Crippen LogP contribution in [0.4, 0.5) is 0 Å². The first-order valence-corrected chi connectivity index (χ1v) is 4.00. The molecule has 12 heavy (non-hydrogen) atoms. The highest BCUT2D eigenvalue weighted by molar-refractivity contribution is 6.18. The van der Waals surface area contributed by atoms with Crippen molar-refractivity contribution in [3.63, 3.8) is 0 Å². The number of carbonyl (C=O) groups is 1. The molecule has 68 valence electrons. The summed E-state index contributed by atoms with van der Waals surface area (Å²) < 4.78 is 0. The van der Waals surface area contributed by atoms with Gasteiger partial charge in [-0.3, -0.25) is 4.79 Å². The van der Waals surface area contributed by atoms with Gasteiger partial charge in [0.05, 0.1) is 0 Å². The van der Waals surface area contributed by atoms with Crippen molar-refractivity contribution in [1.82, 2.24) is 0 Å². The van der Waals surface area contributed by atoms with E-state index in [-0.39, 0.29) is 0 Å². The summed E-state index contributed by atoms with van der Waals surface area (Å²) in [5.41, 5.74) is 5.91. The molecule has 0 spiro atoms. The molecule has 0 unspecified atom stereocenters. The third-order valence-electron chi connectivity index (χ3n) is 1.34. The standard InChI is InChI=1S/C8H12ClNO2/c1-6(4-2-3-5-9)7(10)8(11)12/h2-4,7H,5,10H2,1H3,(H,11,12)/b3-2+,6-4-/t7-/m0/s1. The summed E-state index contributed by atoms with van der Waals surface area (Å²) in [7, 11) is 0. The zero-order valence-corrected chi connectivity index (χ0v) is 7.58. The summed E-state index contributed by atoms with van der Waals surface area (Å²) in [6.45, 7) is 1.66. The molecule has 0 heterocycles. The maximum Gasteiger partial charge on any atom is 0.324 e. The Kier molecular flexibility index (Phi) is 5.41. The van der Waals surface area contributed by atoms with Crippen LogP contribution < -0.4 is 5.73 Å². The molecule has 0 saturated carbocycles. The second kappa shape index (κ2) is 5.80. The number of carboxylic acid groups (broad SMARTS) is 1. The Morgan fingerprint density at radius 3 is 2.75 bits per heavy atom. The van der Waals surface area contributed by atoms with Crippen LogP contribution in [0.5, 0.6) is 0 Å². The highest BCUT2D eigenvalue weighted by atomic mass is 35.5. The average Bonchev–Trinajstić information content (AvgIpc) is 2.03. The van der Waals surface area contributed by atoms with Gasteiger partial charge in [0.1, 0.15) is 6.04 Å². The predicted molar refractivity (Wildman–Crippen MR) is 49.2 cm³/mol. The smallest absolute Gasteiger partial charge is 0.324 e. The summed E-state index contributed by atoms with van der Waals surface area (Å²) in [6.07, 6.45) is 5.03. The SMILES string of the molecule is C/C(=C/C=C/CCl)[C@H](N)C(=O)O. The van der Waals surface area contributed by atoms with E-state index in [2.05, 4.69) is 0 Å². The second-order valence-electron chi connectivity index (χ2n) is 2.31. The van der Waals surface area contributed by atoms with E-state index in [0.717, 1.165) is 0 Å². The highest BCUT2D eigenvalue weighted by Crippen LogP contribution is 1.98. The van der Waals surface area contributed by atoms with Gasteiger partial charge in [-0.15, -0.1) is 11.6 Å². The summed E-state index contributed by atoms with van der Waals surface area (Å²) in [5.74, 6) is -0.616. The van der Waals surface area contributed by atoms with E-state index in [4.69, 9.17) is 22.4 Å². The van der Waals surface area contributed by atoms with E-state index in [1.807, 2.05) is 0 Å². The molecule has 0 amide bonds. The third kappa shape index (κ3) is 4.16.